The van der Waals surface area contributed by atoms with Gasteiger partial charge in [-0.25, -0.2) is 4.79 Å². The number of aryl methyl sites for hydroxylation is 1. The van der Waals surface area contributed by atoms with Crippen molar-refractivity contribution in [1.29, 1.82) is 0 Å². The van der Waals surface area contributed by atoms with Crippen LogP contribution in [-0.2, 0) is 11.8 Å². The molecule has 0 fully saturated rings. The Morgan fingerprint density at radius 2 is 2.05 bits per heavy atom. The standard InChI is InChI=1S/C17H16BrNO2/c1-4-21-17(20)14-10(2)19(3)16-13(18)9-11-7-5-6-8-12(11)15(14)16/h5-9H,4H2,1-3H3. The molecular formula is C17H16BrNO2. The number of rotatable bonds is 2. The Hall–Kier alpha value is -1.81. The predicted octanol–water partition coefficient (Wildman–Crippen LogP) is 4.58. The molecule has 0 unspecified atom stereocenters. The van der Waals surface area contributed by atoms with Gasteiger partial charge in [-0.05, 0) is 46.6 Å². The zero-order valence-electron chi connectivity index (χ0n) is 12.2. The van der Waals surface area contributed by atoms with Crippen LogP contribution < -0.4 is 0 Å². The van der Waals surface area contributed by atoms with Gasteiger partial charge in [0.1, 0.15) is 0 Å². The van der Waals surface area contributed by atoms with Gasteiger partial charge in [-0.2, -0.15) is 0 Å². The van der Waals surface area contributed by atoms with Crippen molar-refractivity contribution in [2.45, 2.75) is 13.8 Å². The molecule has 0 aliphatic heterocycles. The van der Waals surface area contributed by atoms with Crippen molar-refractivity contribution in [2.75, 3.05) is 6.61 Å². The van der Waals surface area contributed by atoms with Crippen molar-refractivity contribution in [3.8, 4) is 0 Å². The third-order valence-corrected chi connectivity index (χ3v) is 4.51. The molecule has 0 saturated heterocycles. The average molecular weight is 346 g/mol. The lowest BCUT2D eigenvalue weighted by Gasteiger charge is -2.06. The van der Waals surface area contributed by atoms with Crippen LogP contribution in [0.25, 0.3) is 21.7 Å². The number of esters is 1. The number of hydrogen-bond donors (Lipinski definition) is 0. The fraction of sp³-hybridized carbons (Fsp3) is 0.235. The number of carbonyl (C=O) groups is 1. The van der Waals surface area contributed by atoms with Crippen molar-refractivity contribution in [3.63, 3.8) is 0 Å². The average Bonchev–Trinajstić information content (AvgIpc) is 2.73. The molecule has 108 valence electrons. The first-order valence-electron chi connectivity index (χ1n) is 6.89. The smallest absolute Gasteiger partial charge is 0.340 e. The van der Waals surface area contributed by atoms with Crippen LogP contribution in [0.5, 0.6) is 0 Å². The van der Waals surface area contributed by atoms with Gasteiger partial charge in [0, 0.05) is 22.6 Å². The van der Waals surface area contributed by atoms with Crippen LogP contribution in [0.1, 0.15) is 23.0 Å². The summed E-state index contributed by atoms with van der Waals surface area (Å²) in [6.45, 7) is 4.15. The summed E-state index contributed by atoms with van der Waals surface area (Å²) in [6, 6.07) is 10.2. The number of halogens is 1. The summed E-state index contributed by atoms with van der Waals surface area (Å²) in [5, 5.41) is 3.13. The number of hydrogen-bond acceptors (Lipinski definition) is 2. The molecule has 21 heavy (non-hydrogen) atoms. The molecule has 0 radical (unpaired) electrons. The fourth-order valence-corrected chi connectivity index (χ4v) is 3.56. The minimum absolute atomic E-state index is 0.260. The third-order valence-electron chi connectivity index (χ3n) is 3.91. The highest BCUT2D eigenvalue weighted by molar-refractivity contribution is 9.10. The number of ether oxygens (including phenoxy) is 1. The van der Waals surface area contributed by atoms with Gasteiger partial charge in [0.25, 0.3) is 0 Å². The second kappa shape index (κ2) is 5.19. The quantitative estimate of drug-likeness (QED) is 0.636. The second-order valence-corrected chi connectivity index (χ2v) is 5.90. The van der Waals surface area contributed by atoms with Crippen molar-refractivity contribution in [2.24, 2.45) is 7.05 Å². The van der Waals surface area contributed by atoms with Crippen LogP contribution in [0.3, 0.4) is 0 Å². The molecule has 0 saturated carbocycles. The van der Waals surface area contributed by atoms with Gasteiger partial charge >= 0.3 is 5.97 Å². The predicted molar refractivity (Wildman–Crippen MR) is 88.8 cm³/mol. The van der Waals surface area contributed by atoms with Crippen LogP contribution in [0, 0.1) is 6.92 Å². The van der Waals surface area contributed by atoms with E-state index >= 15 is 0 Å². The summed E-state index contributed by atoms with van der Waals surface area (Å²) >= 11 is 3.63. The first kappa shape index (κ1) is 14.1. The van der Waals surface area contributed by atoms with Gasteiger partial charge in [0.15, 0.2) is 0 Å². The largest absolute Gasteiger partial charge is 0.462 e. The van der Waals surface area contributed by atoms with Crippen LogP contribution in [-0.4, -0.2) is 17.1 Å². The van der Waals surface area contributed by atoms with Crippen molar-refractivity contribution in [1.82, 2.24) is 4.57 Å². The van der Waals surface area contributed by atoms with Gasteiger partial charge in [0.05, 0.1) is 17.7 Å². The fourth-order valence-electron chi connectivity index (χ4n) is 2.85. The maximum atomic E-state index is 12.4. The monoisotopic (exact) mass is 345 g/mol. The molecule has 0 aliphatic carbocycles. The van der Waals surface area contributed by atoms with E-state index in [2.05, 4.69) is 28.1 Å². The molecule has 3 aromatic rings. The van der Waals surface area contributed by atoms with Crippen LogP contribution >= 0.6 is 15.9 Å². The summed E-state index contributed by atoms with van der Waals surface area (Å²) in [6.07, 6.45) is 0. The zero-order valence-corrected chi connectivity index (χ0v) is 13.8. The van der Waals surface area contributed by atoms with E-state index in [1.54, 1.807) is 0 Å². The number of benzene rings is 2. The molecule has 0 spiro atoms. The minimum atomic E-state index is -0.260. The van der Waals surface area contributed by atoms with E-state index in [4.69, 9.17) is 4.74 Å². The Bertz CT molecular complexity index is 864. The SMILES string of the molecule is CCOC(=O)c1c(C)n(C)c2c(Br)cc3ccccc3c12. The Balaban J connectivity index is 2.52. The lowest BCUT2D eigenvalue weighted by atomic mass is 10.0. The second-order valence-electron chi connectivity index (χ2n) is 5.04. The molecule has 3 nitrogen and oxygen atoms in total. The topological polar surface area (TPSA) is 31.2 Å². The lowest BCUT2D eigenvalue weighted by molar-refractivity contribution is 0.0527. The summed E-state index contributed by atoms with van der Waals surface area (Å²) in [5.41, 5.74) is 2.60. The summed E-state index contributed by atoms with van der Waals surface area (Å²) < 4.78 is 8.27. The number of aromatic nitrogens is 1. The highest BCUT2D eigenvalue weighted by Crippen LogP contribution is 2.37. The molecule has 1 aromatic heterocycles. The normalized spacial score (nSPS) is 11.2. The van der Waals surface area contributed by atoms with Crippen LogP contribution in [0.15, 0.2) is 34.8 Å². The van der Waals surface area contributed by atoms with E-state index in [9.17, 15) is 4.79 Å². The lowest BCUT2D eigenvalue weighted by Crippen LogP contribution is -2.06. The van der Waals surface area contributed by atoms with Crippen LogP contribution in [0.4, 0.5) is 0 Å². The van der Waals surface area contributed by atoms with Gasteiger partial charge in [0.2, 0.25) is 0 Å². The van der Waals surface area contributed by atoms with E-state index in [1.165, 1.54) is 0 Å². The van der Waals surface area contributed by atoms with Gasteiger partial charge in [-0.1, -0.05) is 24.3 Å². The first-order valence-corrected chi connectivity index (χ1v) is 7.69. The van der Waals surface area contributed by atoms with Crippen molar-refractivity contribution in [3.05, 3.63) is 46.1 Å². The van der Waals surface area contributed by atoms with E-state index in [-0.39, 0.29) is 5.97 Å². The number of carbonyl (C=O) groups excluding carboxylic acids is 1. The van der Waals surface area contributed by atoms with Gasteiger partial charge in [-0.15, -0.1) is 0 Å². The van der Waals surface area contributed by atoms with E-state index in [1.807, 2.05) is 43.7 Å². The first-order chi connectivity index (χ1) is 10.1. The number of fused-ring (bicyclic) bond motifs is 3. The maximum absolute atomic E-state index is 12.4. The zero-order chi connectivity index (χ0) is 15.1. The third kappa shape index (κ3) is 2.05. The molecule has 1 heterocycles. The van der Waals surface area contributed by atoms with Gasteiger partial charge < -0.3 is 9.30 Å². The number of nitrogens with zero attached hydrogens (tertiary/aromatic N) is 1. The summed E-state index contributed by atoms with van der Waals surface area (Å²) in [4.78, 5) is 12.4. The minimum Gasteiger partial charge on any atom is -0.462 e. The van der Waals surface area contributed by atoms with Gasteiger partial charge in [-0.3, -0.25) is 0 Å². The molecule has 4 heteroatoms. The van der Waals surface area contributed by atoms with E-state index < -0.39 is 0 Å². The van der Waals surface area contributed by atoms with Crippen molar-refractivity contribution >= 4 is 43.6 Å². The van der Waals surface area contributed by atoms with E-state index in [0.717, 1.165) is 31.8 Å². The Labute approximate surface area is 131 Å². The molecule has 0 bridgehead atoms. The summed E-state index contributed by atoms with van der Waals surface area (Å²) in [5.74, 6) is -0.260. The summed E-state index contributed by atoms with van der Waals surface area (Å²) in [7, 11) is 1.97. The highest BCUT2D eigenvalue weighted by atomic mass is 79.9. The molecule has 0 amide bonds. The molecule has 0 N–H and O–H groups in total. The maximum Gasteiger partial charge on any atom is 0.340 e. The van der Waals surface area contributed by atoms with Crippen LogP contribution in [0.2, 0.25) is 0 Å². The van der Waals surface area contributed by atoms with Crippen molar-refractivity contribution < 1.29 is 9.53 Å². The highest BCUT2D eigenvalue weighted by Gasteiger charge is 2.23. The Morgan fingerprint density at radius 3 is 2.76 bits per heavy atom. The Kier molecular flexibility index (Phi) is 3.49. The molecule has 0 aliphatic rings. The molecular weight excluding hydrogens is 330 g/mol. The van der Waals surface area contributed by atoms with E-state index in [0.29, 0.717) is 12.2 Å². The Morgan fingerprint density at radius 1 is 1.33 bits per heavy atom. The molecule has 3 rings (SSSR count). The molecule has 0 atom stereocenters. The molecule has 2 aromatic carbocycles.